The number of aromatic hydroxyl groups is 1. The van der Waals surface area contributed by atoms with Crippen molar-refractivity contribution in [3.05, 3.63) is 64.5 Å². The molecule has 2 aromatic carbocycles. The second-order valence-corrected chi connectivity index (χ2v) is 7.44. The SMILES string of the molecule is C=C(C)c1cc(OCC(=O)OCC)cc(C)c1Cc1ccc(O)c(C(C)C)c1F. The van der Waals surface area contributed by atoms with E-state index in [1.165, 1.54) is 0 Å². The topological polar surface area (TPSA) is 55.8 Å². The van der Waals surface area contributed by atoms with E-state index in [9.17, 15) is 9.90 Å². The summed E-state index contributed by atoms with van der Waals surface area (Å²) < 4.78 is 25.5. The Labute approximate surface area is 172 Å². The second kappa shape index (κ2) is 9.59. The number of hydrogen-bond acceptors (Lipinski definition) is 4. The van der Waals surface area contributed by atoms with Crippen LogP contribution in [0.4, 0.5) is 4.39 Å². The van der Waals surface area contributed by atoms with Crippen molar-refractivity contribution in [3.63, 3.8) is 0 Å². The van der Waals surface area contributed by atoms with E-state index in [1.807, 2.05) is 39.8 Å². The number of allylic oxidation sites excluding steroid dienone is 1. The molecule has 0 bridgehead atoms. The van der Waals surface area contributed by atoms with Gasteiger partial charge in [0.1, 0.15) is 17.3 Å². The molecule has 1 N–H and O–H groups in total. The molecule has 0 aliphatic carbocycles. The average Bonchev–Trinajstić information content (AvgIpc) is 2.63. The molecule has 0 aliphatic heterocycles. The van der Waals surface area contributed by atoms with Gasteiger partial charge in [-0.25, -0.2) is 9.18 Å². The predicted octanol–water partition coefficient (Wildman–Crippen LogP) is 5.53. The van der Waals surface area contributed by atoms with Gasteiger partial charge in [-0.2, -0.15) is 0 Å². The van der Waals surface area contributed by atoms with E-state index >= 15 is 4.39 Å². The van der Waals surface area contributed by atoms with Gasteiger partial charge in [-0.3, -0.25) is 0 Å². The van der Waals surface area contributed by atoms with Crippen LogP contribution in [0.3, 0.4) is 0 Å². The lowest BCUT2D eigenvalue weighted by molar-refractivity contribution is -0.145. The third-order valence-electron chi connectivity index (χ3n) is 4.75. The van der Waals surface area contributed by atoms with E-state index in [-0.39, 0.29) is 24.1 Å². The monoisotopic (exact) mass is 400 g/mol. The molecule has 156 valence electrons. The Morgan fingerprint density at radius 2 is 1.97 bits per heavy atom. The summed E-state index contributed by atoms with van der Waals surface area (Å²) in [5.41, 5.74) is 4.34. The lowest BCUT2D eigenvalue weighted by Crippen LogP contribution is -2.15. The lowest BCUT2D eigenvalue weighted by Gasteiger charge is -2.18. The van der Waals surface area contributed by atoms with Gasteiger partial charge in [0.25, 0.3) is 0 Å². The molecule has 0 atom stereocenters. The maximum atomic E-state index is 15.0. The van der Waals surface area contributed by atoms with Crippen LogP contribution in [-0.2, 0) is 16.0 Å². The molecule has 0 aromatic heterocycles. The maximum absolute atomic E-state index is 15.0. The van der Waals surface area contributed by atoms with Gasteiger partial charge in [-0.1, -0.05) is 32.1 Å². The minimum Gasteiger partial charge on any atom is -0.508 e. The molecule has 0 saturated heterocycles. The summed E-state index contributed by atoms with van der Waals surface area (Å²) >= 11 is 0. The number of phenolic OH excluding ortho intramolecular Hbond substituents is 1. The number of ether oxygens (including phenoxy) is 2. The molecule has 29 heavy (non-hydrogen) atoms. The molecular formula is C24H29FO4. The molecular weight excluding hydrogens is 371 g/mol. The predicted molar refractivity (Wildman–Crippen MR) is 113 cm³/mol. The molecule has 0 radical (unpaired) electrons. The van der Waals surface area contributed by atoms with Gasteiger partial charge < -0.3 is 14.6 Å². The molecule has 4 nitrogen and oxygen atoms in total. The summed E-state index contributed by atoms with van der Waals surface area (Å²) in [7, 11) is 0. The third-order valence-corrected chi connectivity index (χ3v) is 4.75. The first-order valence-electron chi connectivity index (χ1n) is 9.73. The summed E-state index contributed by atoms with van der Waals surface area (Å²) in [6.45, 7) is 13.4. The Morgan fingerprint density at radius 1 is 1.28 bits per heavy atom. The van der Waals surface area contributed by atoms with Crippen molar-refractivity contribution in [2.75, 3.05) is 13.2 Å². The van der Waals surface area contributed by atoms with Crippen LogP contribution >= 0.6 is 0 Å². The van der Waals surface area contributed by atoms with Crippen LogP contribution in [0, 0.1) is 12.7 Å². The fraction of sp³-hybridized carbons (Fsp3) is 0.375. The first kappa shape index (κ1) is 22.5. The van der Waals surface area contributed by atoms with Gasteiger partial charge in [0.05, 0.1) is 6.61 Å². The Morgan fingerprint density at radius 3 is 2.55 bits per heavy atom. The molecule has 0 spiro atoms. The zero-order chi connectivity index (χ0) is 21.7. The summed E-state index contributed by atoms with van der Waals surface area (Å²) in [5.74, 6) is -0.435. The lowest BCUT2D eigenvalue weighted by atomic mass is 9.90. The summed E-state index contributed by atoms with van der Waals surface area (Å²) in [4.78, 5) is 11.6. The molecule has 0 fully saturated rings. The number of hydrogen-bond donors (Lipinski definition) is 1. The molecule has 0 saturated carbocycles. The van der Waals surface area contributed by atoms with E-state index in [0.717, 1.165) is 22.3 Å². The highest BCUT2D eigenvalue weighted by atomic mass is 19.1. The van der Waals surface area contributed by atoms with Gasteiger partial charge in [-0.05, 0) is 67.1 Å². The number of benzene rings is 2. The van der Waals surface area contributed by atoms with E-state index in [1.54, 1.807) is 19.1 Å². The standard InChI is InChI=1S/C24H29FO4/c1-7-28-22(27)13-29-18-10-16(6)20(19(12-18)14(2)3)11-17-8-9-21(26)23(15(4)5)24(17)25/h8-10,12,15,26H,2,7,11,13H2,1,3-6H3. The molecule has 0 unspecified atom stereocenters. The molecule has 2 aromatic rings. The van der Waals surface area contributed by atoms with E-state index in [4.69, 9.17) is 9.47 Å². The Bertz CT molecular complexity index is 916. The molecule has 5 heteroatoms. The largest absolute Gasteiger partial charge is 0.508 e. The van der Waals surface area contributed by atoms with Crippen LogP contribution in [0.25, 0.3) is 5.57 Å². The first-order chi connectivity index (χ1) is 13.6. The minimum absolute atomic E-state index is 0.0270. The van der Waals surface area contributed by atoms with E-state index in [0.29, 0.717) is 29.9 Å². The third kappa shape index (κ3) is 5.37. The Kier molecular flexibility index (Phi) is 7.43. The summed E-state index contributed by atoms with van der Waals surface area (Å²) in [6.07, 6.45) is 0.359. The molecule has 2 rings (SSSR count). The fourth-order valence-electron chi connectivity index (χ4n) is 3.33. The molecule has 0 aliphatic rings. The van der Waals surface area contributed by atoms with Crippen molar-refractivity contribution >= 4 is 11.5 Å². The number of carbonyl (C=O) groups is 1. The number of halogens is 1. The van der Waals surface area contributed by atoms with Crippen molar-refractivity contribution in [3.8, 4) is 11.5 Å². The van der Waals surface area contributed by atoms with Gasteiger partial charge in [-0.15, -0.1) is 0 Å². The van der Waals surface area contributed by atoms with Crippen LogP contribution in [0.15, 0.2) is 30.8 Å². The van der Waals surface area contributed by atoms with Crippen LogP contribution in [-0.4, -0.2) is 24.3 Å². The highest BCUT2D eigenvalue weighted by molar-refractivity contribution is 5.72. The minimum atomic E-state index is -0.432. The average molecular weight is 400 g/mol. The molecule has 0 amide bonds. The van der Waals surface area contributed by atoms with Gasteiger partial charge in [0.15, 0.2) is 6.61 Å². The number of phenols is 1. The number of esters is 1. The number of aryl methyl sites for hydroxylation is 1. The highest BCUT2D eigenvalue weighted by Crippen LogP contribution is 2.34. The van der Waals surface area contributed by atoms with Crippen LogP contribution < -0.4 is 4.74 Å². The van der Waals surface area contributed by atoms with Crippen molar-refractivity contribution in [2.45, 2.75) is 47.0 Å². The number of rotatable bonds is 8. The fourth-order valence-corrected chi connectivity index (χ4v) is 3.33. The number of carbonyl (C=O) groups excluding carboxylic acids is 1. The van der Waals surface area contributed by atoms with E-state index < -0.39 is 5.97 Å². The Balaban J connectivity index is 2.40. The van der Waals surface area contributed by atoms with Crippen molar-refractivity contribution in [1.29, 1.82) is 0 Å². The second-order valence-electron chi connectivity index (χ2n) is 7.44. The smallest absolute Gasteiger partial charge is 0.344 e. The van der Waals surface area contributed by atoms with Gasteiger partial charge in [0.2, 0.25) is 0 Å². The molecule has 0 heterocycles. The zero-order valence-electron chi connectivity index (χ0n) is 17.8. The van der Waals surface area contributed by atoms with Crippen LogP contribution in [0.5, 0.6) is 11.5 Å². The van der Waals surface area contributed by atoms with Gasteiger partial charge >= 0.3 is 5.97 Å². The van der Waals surface area contributed by atoms with Crippen molar-refractivity contribution in [2.24, 2.45) is 0 Å². The van der Waals surface area contributed by atoms with Gasteiger partial charge in [0, 0.05) is 12.0 Å². The van der Waals surface area contributed by atoms with Crippen molar-refractivity contribution < 1.29 is 23.8 Å². The van der Waals surface area contributed by atoms with Crippen LogP contribution in [0.1, 0.15) is 61.4 Å². The summed E-state index contributed by atoms with van der Waals surface area (Å²) in [5, 5.41) is 10.0. The van der Waals surface area contributed by atoms with E-state index in [2.05, 4.69) is 6.58 Å². The summed E-state index contributed by atoms with van der Waals surface area (Å²) in [6, 6.07) is 6.79. The zero-order valence-corrected chi connectivity index (χ0v) is 17.8. The quantitative estimate of drug-likeness (QED) is 0.592. The first-order valence-corrected chi connectivity index (χ1v) is 9.73. The van der Waals surface area contributed by atoms with Crippen molar-refractivity contribution in [1.82, 2.24) is 0 Å². The highest BCUT2D eigenvalue weighted by Gasteiger charge is 2.19. The van der Waals surface area contributed by atoms with Crippen LogP contribution in [0.2, 0.25) is 0 Å². The Hall–Kier alpha value is -2.82. The normalized spacial score (nSPS) is 10.9. The maximum Gasteiger partial charge on any atom is 0.344 e.